The Hall–Kier alpha value is 1.40. The van der Waals surface area contributed by atoms with Crippen molar-refractivity contribution in [3.63, 3.8) is 0 Å². The van der Waals surface area contributed by atoms with Crippen LogP contribution in [0.3, 0.4) is 0 Å². The Morgan fingerprint density at radius 3 is 1.23 bits per heavy atom. The second-order valence-electron chi connectivity index (χ2n) is 2.50. The monoisotopic (exact) mass is 365 g/mol. The van der Waals surface area contributed by atoms with Crippen LogP contribution in [-0.4, -0.2) is 26.2 Å². The standard InChI is InChI=1S/C8H20N2.2BrH.Cu/c1-3-5-9-7-8-10-6-4-2;;;/h9-10H,3-8H2,1-2H3;2*1H;/q;;;+2/p-2. The molecule has 0 fully saturated rings. The predicted octanol–water partition coefficient (Wildman–Crippen LogP) is -5.01. The van der Waals surface area contributed by atoms with E-state index in [4.69, 9.17) is 0 Å². The van der Waals surface area contributed by atoms with E-state index in [0.29, 0.717) is 0 Å². The maximum absolute atomic E-state index is 3.33. The van der Waals surface area contributed by atoms with Gasteiger partial charge in [-0.15, -0.1) is 0 Å². The molecule has 0 aromatic rings. The van der Waals surface area contributed by atoms with Gasteiger partial charge in [0.15, 0.2) is 0 Å². The van der Waals surface area contributed by atoms with E-state index in [1.165, 1.54) is 12.8 Å². The maximum Gasteiger partial charge on any atom is 2.00 e. The van der Waals surface area contributed by atoms with Crippen LogP contribution in [0.4, 0.5) is 0 Å². The first-order valence-corrected chi connectivity index (χ1v) is 4.33. The molecule has 0 aliphatic heterocycles. The molecule has 0 rings (SSSR count). The van der Waals surface area contributed by atoms with Crippen LogP contribution in [0.5, 0.6) is 0 Å². The van der Waals surface area contributed by atoms with Crippen molar-refractivity contribution in [3.8, 4) is 0 Å². The molecule has 0 bridgehead atoms. The van der Waals surface area contributed by atoms with E-state index in [-0.39, 0.29) is 51.0 Å². The first-order valence-electron chi connectivity index (χ1n) is 4.33. The summed E-state index contributed by atoms with van der Waals surface area (Å²) in [5.74, 6) is 0. The molecule has 0 amide bonds. The molecule has 87 valence electrons. The maximum atomic E-state index is 3.33. The summed E-state index contributed by atoms with van der Waals surface area (Å²) in [4.78, 5) is 0. The fourth-order valence-electron chi connectivity index (χ4n) is 0.780. The largest absolute Gasteiger partial charge is 2.00 e. The van der Waals surface area contributed by atoms with Crippen LogP contribution in [0, 0.1) is 0 Å². The van der Waals surface area contributed by atoms with Gasteiger partial charge in [0.1, 0.15) is 0 Å². The van der Waals surface area contributed by atoms with Crippen LogP contribution in [0.15, 0.2) is 0 Å². The fraction of sp³-hybridized carbons (Fsp3) is 1.00. The molecule has 2 N–H and O–H groups in total. The molecule has 0 spiro atoms. The van der Waals surface area contributed by atoms with E-state index in [9.17, 15) is 0 Å². The van der Waals surface area contributed by atoms with E-state index in [0.717, 1.165) is 26.2 Å². The van der Waals surface area contributed by atoms with Gasteiger partial charge in [0.05, 0.1) is 0 Å². The number of hydrogen-bond donors (Lipinski definition) is 2. The van der Waals surface area contributed by atoms with Gasteiger partial charge in [-0.3, -0.25) is 0 Å². The molecule has 0 atom stereocenters. The van der Waals surface area contributed by atoms with E-state index in [2.05, 4.69) is 24.5 Å². The zero-order chi connectivity index (χ0) is 7.66. The zero-order valence-corrected chi connectivity index (χ0v) is 12.4. The molecule has 0 aromatic heterocycles. The van der Waals surface area contributed by atoms with Crippen LogP contribution in [-0.2, 0) is 17.1 Å². The van der Waals surface area contributed by atoms with Gasteiger partial charge in [-0.1, -0.05) is 13.8 Å². The molecule has 2 nitrogen and oxygen atoms in total. The first kappa shape index (κ1) is 23.9. The van der Waals surface area contributed by atoms with Crippen molar-refractivity contribution in [2.24, 2.45) is 0 Å². The van der Waals surface area contributed by atoms with Crippen molar-refractivity contribution in [3.05, 3.63) is 0 Å². The topological polar surface area (TPSA) is 24.1 Å². The number of rotatable bonds is 7. The number of halogens is 2. The van der Waals surface area contributed by atoms with Crippen molar-refractivity contribution in [1.82, 2.24) is 10.6 Å². The normalized spacial score (nSPS) is 7.85. The van der Waals surface area contributed by atoms with Crippen molar-refractivity contribution >= 4 is 0 Å². The SMILES string of the molecule is CCCNCCNCCC.[Br-].[Br-].[Cu+2]. The van der Waals surface area contributed by atoms with Gasteiger partial charge in [-0.2, -0.15) is 0 Å². The third-order valence-electron chi connectivity index (χ3n) is 1.33. The molecule has 1 radical (unpaired) electrons. The van der Waals surface area contributed by atoms with Crippen molar-refractivity contribution < 1.29 is 51.0 Å². The van der Waals surface area contributed by atoms with Crippen LogP contribution >= 0.6 is 0 Å². The van der Waals surface area contributed by atoms with Crippen LogP contribution in [0.25, 0.3) is 0 Å². The molecule has 0 unspecified atom stereocenters. The van der Waals surface area contributed by atoms with Gasteiger partial charge in [-0.25, -0.2) is 0 Å². The second kappa shape index (κ2) is 23.3. The Bertz CT molecular complexity index is 60.1. The summed E-state index contributed by atoms with van der Waals surface area (Å²) >= 11 is 0. The van der Waals surface area contributed by atoms with E-state index < -0.39 is 0 Å². The molecule has 0 aromatic carbocycles. The summed E-state index contributed by atoms with van der Waals surface area (Å²) in [5.41, 5.74) is 0. The minimum Gasteiger partial charge on any atom is -1.00 e. The Balaban J connectivity index is -0.000000135. The number of hydrogen-bond acceptors (Lipinski definition) is 2. The molecule has 0 aliphatic rings. The van der Waals surface area contributed by atoms with Gasteiger partial charge in [-0.05, 0) is 25.9 Å². The van der Waals surface area contributed by atoms with E-state index in [1.54, 1.807) is 0 Å². The molecular formula is C8H20Br2CuN2. The van der Waals surface area contributed by atoms with Gasteiger partial charge < -0.3 is 44.6 Å². The van der Waals surface area contributed by atoms with Crippen LogP contribution < -0.4 is 44.6 Å². The quantitative estimate of drug-likeness (QED) is 0.348. The van der Waals surface area contributed by atoms with Crippen LogP contribution in [0.1, 0.15) is 26.7 Å². The van der Waals surface area contributed by atoms with E-state index >= 15 is 0 Å². The summed E-state index contributed by atoms with van der Waals surface area (Å²) in [6, 6.07) is 0. The Labute approximate surface area is 114 Å². The Kier molecular flexibility index (Phi) is 42.9. The molecule has 0 saturated heterocycles. The Morgan fingerprint density at radius 1 is 0.692 bits per heavy atom. The number of nitrogens with one attached hydrogen (secondary N) is 2. The van der Waals surface area contributed by atoms with Gasteiger partial charge in [0.25, 0.3) is 0 Å². The molecule has 5 heteroatoms. The average Bonchev–Trinajstić information content (AvgIpc) is 1.97. The average molecular weight is 368 g/mol. The van der Waals surface area contributed by atoms with Gasteiger partial charge in [0.2, 0.25) is 0 Å². The first-order chi connectivity index (χ1) is 4.91. The molecule has 0 saturated carbocycles. The molecular weight excluding hydrogens is 347 g/mol. The predicted molar refractivity (Wildman–Crippen MR) is 46.3 cm³/mol. The third kappa shape index (κ3) is 24.7. The van der Waals surface area contributed by atoms with Gasteiger partial charge in [0, 0.05) is 13.1 Å². The molecule has 0 heterocycles. The van der Waals surface area contributed by atoms with Crippen molar-refractivity contribution in [2.75, 3.05) is 26.2 Å². The summed E-state index contributed by atoms with van der Waals surface area (Å²) in [7, 11) is 0. The van der Waals surface area contributed by atoms with Gasteiger partial charge >= 0.3 is 17.1 Å². The third-order valence-corrected chi connectivity index (χ3v) is 1.33. The van der Waals surface area contributed by atoms with E-state index in [1.807, 2.05) is 0 Å². The summed E-state index contributed by atoms with van der Waals surface area (Å²) in [6.07, 6.45) is 2.46. The van der Waals surface area contributed by atoms with Crippen molar-refractivity contribution in [2.45, 2.75) is 26.7 Å². The zero-order valence-electron chi connectivity index (χ0n) is 8.30. The van der Waals surface area contributed by atoms with Crippen LogP contribution in [0.2, 0.25) is 0 Å². The Morgan fingerprint density at radius 2 is 1.00 bits per heavy atom. The minimum atomic E-state index is 0. The molecule has 13 heavy (non-hydrogen) atoms. The van der Waals surface area contributed by atoms with Crippen molar-refractivity contribution in [1.29, 1.82) is 0 Å². The fourth-order valence-corrected chi connectivity index (χ4v) is 0.780. The minimum absolute atomic E-state index is 0. The summed E-state index contributed by atoms with van der Waals surface area (Å²) < 4.78 is 0. The second-order valence-corrected chi connectivity index (χ2v) is 2.50. The smallest absolute Gasteiger partial charge is 1.00 e. The summed E-state index contributed by atoms with van der Waals surface area (Å²) in [5, 5.41) is 6.66. The molecule has 0 aliphatic carbocycles. The summed E-state index contributed by atoms with van der Waals surface area (Å²) in [6.45, 7) is 8.88.